The summed E-state index contributed by atoms with van der Waals surface area (Å²) < 4.78 is 8.03. The molecule has 34 heavy (non-hydrogen) atoms. The zero-order chi connectivity index (χ0) is 25.5. The van der Waals surface area contributed by atoms with Crippen molar-refractivity contribution in [3.8, 4) is 0 Å². The highest BCUT2D eigenvalue weighted by Crippen LogP contribution is 2.43. The lowest BCUT2D eigenvalue weighted by atomic mass is 9.61. The first-order chi connectivity index (χ1) is 16.2. The van der Waals surface area contributed by atoms with Crippen LogP contribution in [0.15, 0.2) is 24.5 Å². The molecule has 0 radical (unpaired) electrons. The SMILES string of the molecule is CC.CC.CC(C)(C)CCOCc1cccn2c(C(C)(C)NC(=O)C3C4CNCC3C4)ncc12. The molecule has 2 aromatic rings. The average Bonchev–Trinajstić information content (AvgIpc) is 3.25. The number of nitrogens with one attached hydrogen (secondary N) is 2. The minimum absolute atomic E-state index is 0.142. The van der Waals surface area contributed by atoms with Crippen molar-refractivity contribution in [3.05, 3.63) is 35.9 Å². The lowest BCUT2D eigenvalue weighted by Crippen LogP contribution is -2.60. The van der Waals surface area contributed by atoms with Gasteiger partial charge in [0, 0.05) is 24.3 Å². The summed E-state index contributed by atoms with van der Waals surface area (Å²) in [7, 11) is 0. The first-order valence-electron chi connectivity index (χ1n) is 13.2. The third-order valence-electron chi connectivity index (χ3n) is 6.64. The van der Waals surface area contributed by atoms with Gasteiger partial charge in [-0.2, -0.15) is 0 Å². The number of aromatic nitrogens is 2. The van der Waals surface area contributed by atoms with Gasteiger partial charge in [-0.25, -0.2) is 4.98 Å². The molecule has 1 aliphatic heterocycles. The van der Waals surface area contributed by atoms with Crippen molar-refractivity contribution in [1.82, 2.24) is 20.0 Å². The zero-order valence-electron chi connectivity index (χ0n) is 23.0. The average molecular weight is 473 g/mol. The van der Waals surface area contributed by atoms with Crippen molar-refractivity contribution < 1.29 is 9.53 Å². The molecule has 0 spiro atoms. The Hall–Kier alpha value is -1.92. The molecule has 4 rings (SSSR count). The van der Waals surface area contributed by atoms with Gasteiger partial charge >= 0.3 is 0 Å². The molecule has 3 heterocycles. The number of amides is 1. The molecule has 2 aromatic heterocycles. The fourth-order valence-corrected chi connectivity index (χ4v) is 4.85. The molecule has 1 aliphatic carbocycles. The molecule has 2 N–H and O–H groups in total. The van der Waals surface area contributed by atoms with Crippen LogP contribution in [0.2, 0.25) is 0 Å². The summed E-state index contributed by atoms with van der Waals surface area (Å²) in [6, 6.07) is 4.12. The summed E-state index contributed by atoms with van der Waals surface area (Å²) in [6.07, 6.45) is 6.12. The Bertz CT molecular complexity index is 899. The maximum absolute atomic E-state index is 13.0. The van der Waals surface area contributed by atoms with Gasteiger partial charge in [0.1, 0.15) is 5.82 Å². The highest BCUT2D eigenvalue weighted by atomic mass is 16.5. The number of imidazole rings is 1. The topological polar surface area (TPSA) is 67.7 Å². The first kappa shape index (κ1) is 28.3. The highest BCUT2D eigenvalue weighted by Gasteiger charge is 2.48. The maximum atomic E-state index is 13.0. The highest BCUT2D eigenvalue weighted by molar-refractivity contribution is 5.81. The minimum Gasteiger partial charge on any atom is -0.377 e. The molecule has 6 nitrogen and oxygen atoms in total. The quantitative estimate of drug-likeness (QED) is 0.519. The molecule has 1 saturated carbocycles. The number of carbonyl (C=O) groups is 1. The van der Waals surface area contributed by atoms with E-state index in [4.69, 9.17) is 9.72 Å². The maximum Gasteiger partial charge on any atom is 0.224 e. The van der Waals surface area contributed by atoms with Crippen molar-refractivity contribution in [2.75, 3.05) is 19.7 Å². The first-order valence-corrected chi connectivity index (χ1v) is 13.2. The van der Waals surface area contributed by atoms with Crippen LogP contribution in [0.3, 0.4) is 0 Å². The second kappa shape index (κ2) is 12.2. The summed E-state index contributed by atoms with van der Waals surface area (Å²) in [5.41, 5.74) is 1.88. The lowest BCUT2D eigenvalue weighted by Gasteiger charge is -2.49. The Morgan fingerprint density at radius 2 is 1.79 bits per heavy atom. The summed E-state index contributed by atoms with van der Waals surface area (Å²) in [4.78, 5) is 17.7. The van der Waals surface area contributed by atoms with Crippen LogP contribution in [0.4, 0.5) is 0 Å². The fourth-order valence-electron chi connectivity index (χ4n) is 4.85. The minimum atomic E-state index is -0.549. The fraction of sp³-hybridized carbons (Fsp3) is 0.714. The molecule has 1 saturated heterocycles. The molecule has 2 unspecified atom stereocenters. The standard InChI is InChI=1S/C24H36N4O2.2C2H6/c1-23(2,3)8-10-30-15-16-7-6-9-28-19(16)14-26-22(28)24(4,5)27-21(29)20-17-11-18(20)13-25-12-17;2*1-2/h6-7,9,14,17-18,20,25H,8,10-13,15H2,1-5H3,(H,27,29);2*1-2H3. The summed E-state index contributed by atoms with van der Waals surface area (Å²) >= 11 is 0. The molecule has 2 bridgehead atoms. The van der Waals surface area contributed by atoms with Gasteiger partial charge in [0.05, 0.1) is 23.9 Å². The molecule has 0 aromatic carbocycles. The van der Waals surface area contributed by atoms with E-state index in [1.54, 1.807) is 0 Å². The molecule has 2 aliphatic rings. The third-order valence-corrected chi connectivity index (χ3v) is 6.64. The zero-order valence-corrected chi connectivity index (χ0v) is 23.0. The van der Waals surface area contributed by atoms with Gasteiger partial charge in [0.2, 0.25) is 5.91 Å². The van der Waals surface area contributed by atoms with E-state index >= 15 is 0 Å². The van der Waals surface area contributed by atoms with Crippen LogP contribution in [-0.2, 0) is 21.7 Å². The van der Waals surface area contributed by atoms with Crippen molar-refractivity contribution in [2.45, 2.75) is 87.3 Å². The second-order valence-electron chi connectivity index (χ2n) is 10.8. The monoisotopic (exact) mass is 472 g/mol. The summed E-state index contributed by atoms with van der Waals surface area (Å²) in [5, 5.41) is 6.70. The number of hydrogen-bond donors (Lipinski definition) is 2. The van der Waals surface area contributed by atoms with Crippen LogP contribution < -0.4 is 10.6 Å². The van der Waals surface area contributed by atoms with Crippen LogP contribution >= 0.6 is 0 Å². The van der Waals surface area contributed by atoms with E-state index < -0.39 is 5.54 Å². The predicted molar refractivity (Wildman–Crippen MR) is 141 cm³/mol. The predicted octanol–water partition coefficient (Wildman–Crippen LogP) is 5.55. The van der Waals surface area contributed by atoms with E-state index in [-0.39, 0.29) is 17.2 Å². The van der Waals surface area contributed by atoms with Crippen molar-refractivity contribution in [3.63, 3.8) is 0 Å². The second-order valence-corrected chi connectivity index (χ2v) is 10.8. The third kappa shape index (κ3) is 6.60. The smallest absolute Gasteiger partial charge is 0.224 e. The van der Waals surface area contributed by atoms with E-state index in [1.807, 2.05) is 60.0 Å². The number of carbonyl (C=O) groups excluding carboxylic acids is 1. The molecular weight excluding hydrogens is 424 g/mol. The molecule has 1 amide bonds. The molecule has 6 heteroatoms. The van der Waals surface area contributed by atoms with Gasteiger partial charge in [0.25, 0.3) is 0 Å². The number of nitrogens with zero attached hydrogens (tertiary/aromatic N) is 2. The number of ether oxygens (including phenoxy) is 1. The number of fused-ring (bicyclic) bond motifs is 3. The Labute approximate surface area is 207 Å². The normalized spacial score (nSPS) is 21.5. The number of hydrogen-bond acceptors (Lipinski definition) is 4. The largest absolute Gasteiger partial charge is 0.377 e. The van der Waals surface area contributed by atoms with Crippen LogP contribution in [0.5, 0.6) is 0 Å². The van der Waals surface area contributed by atoms with Crippen molar-refractivity contribution in [1.29, 1.82) is 0 Å². The molecule has 2 fully saturated rings. The van der Waals surface area contributed by atoms with Gasteiger partial charge in [-0.05, 0) is 63.1 Å². The van der Waals surface area contributed by atoms with Crippen molar-refractivity contribution in [2.24, 2.45) is 23.2 Å². The number of rotatable bonds is 7. The lowest BCUT2D eigenvalue weighted by molar-refractivity contribution is -0.138. The summed E-state index contributed by atoms with van der Waals surface area (Å²) in [5.74, 6) is 2.12. The number of piperidine rings is 2. The van der Waals surface area contributed by atoms with Crippen LogP contribution in [0, 0.1) is 23.2 Å². The van der Waals surface area contributed by atoms with Gasteiger partial charge < -0.3 is 19.8 Å². The Morgan fingerprint density at radius 3 is 2.38 bits per heavy atom. The summed E-state index contributed by atoms with van der Waals surface area (Å²) in [6.45, 7) is 22.0. The Morgan fingerprint density at radius 1 is 1.15 bits per heavy atom. The van der Waals surface area contributed by atoms with Crippen LogP contribution in [0.1, 0.15) is 86.5 Å². The van der Waals surface area contributed by atoms with E-state index in [0.717, 1.165) is 43.0 Å². The van der Waals surface area contributed by atoms with E-state index in [9.17, 15) is 4.79 Å². The van der Waals surface area contributed by atoms with E-state index in [0.29, 0.717) is 18.4 Å². The Kier molecular flexibility index (Phi) is 10.1. The Balaban J connectivity index is 0.000000970. The van der Waals surface area contributed by atoms with Gasteiger partial charge in [-0.15, -0.1) is 0 Å². The van der Waals surface area contributed by atoms with E-state index in [2.05, 4.69) is 41.9 Å². The number of pyridine rings is 1. The molecule has 2 atom stereocenters. The van der Waals surface area contributed by atoms with Crippen LogP contribution in [-0.4, -0.2) is 35.0 Å². The molecule has 192 valence electrons. The van der Waals surface area contributed by atoms with Gasteiger partial charge in [-0.1, -0.05) is 54.5 Å². The molecular formula is C28H48N4O2. The van der Waals surface area contributed by atoms with E-state index in [1.165, 1.54) is 6.42 Å². The van der Waals surface area contributed by atoms with Crippen molar-refractivity contribution >= 4 is 11.4 Å². The van der Waals surface area contributed by atoms with Gasteiger partial charge in [-0.3, -0.25) is 4.79 Å². The van der Waals surface area contributed by atoms with Gasteiger partial charge in [0.15, 0.2) is 0 Å². The van der Waals surface area contributed by atoms with Crippen LogP contribution in [0.25, 0.3) is 5.52 Å².